The minimum absolute atomic E-state index is 1.03. The van der Waals surface area contributed by atoms with Crippen molar-refractivity contribution in [3.8, 4) is 0 Å². The zero-order valence-corrected chi connectivity index (χ0v) is 12.1. The van der Waals surface area contributed by atoms with Gasteiger partial charge in [-0.1, -0.05) is 0 Å². The molecule has 1 heterocycles. The summed E-state index contributed by atoms with van der Waals surface area (Å²) in [5.74, 6) is 1.04. The summed E-state index contributed by atoms with van der Waals surface area (Å²) < 4.78 is 1.07. The normalized spacial score (nSPS) is 10.9. The van der Waals surface area contributed by atoms with Crippen molar-refractivity contribution in [1.82, 2.24) is 9.88 Å². The van der Waals surface area contributed by atoms with E-state index in [1.54, 1.807) is 0 Å². The van der Waals surface area contributed by atoms with Crippen molar-refractivity contribution < 1.29 is 0 Å². The highest BCUT2D eigenvalue weighted by molar-refractivity contribution is 9.10. The summed E-state index contributed by atoms with van der Waals surface area (Å²) in [4.78, 5) is 8.80. The quantitative estimate of drug-likeness (QED) is 0.829. The second kappa shape index (κ2) is 6.21. The number of hydrogen-bond donors (Lipinski definition) is 0. The van der Waals surface area contributed by atoms with Gasteiger partial charge in [0.2, 0.25) is 0 Å². The number of hydrogen-bond acceptors (Lipinski definition) is 3. The van der Waals surface area contributed by atoms with Gasteiger partial charge in [0.1, 0.15) is 5.82 Å². The van der Waals surface area contributed by atoms with Crippen LogP contribution in [0.1, 0.15) is 12.0 Å². The zero-order valence-electron chi connectivity index (χ0n) is 10.5. The summed E-state index contributed by atoms with van der Waals surface area (Å²) in [7, 11) is 6.29. The van der Waals surface area contributed by atoms with Gasteiger partial charge >= 0.3 is 0 Å². The average Bonchev–Trinajstić information content (AvgIpc) is 2.21. The number of aromatic nitrogens is 1. The van der Waals surface area contributed by atoms with Crippen LogP contribution >= 0.6 is 15.9 Å². The van der Waals surface area contributed by atoms with Gasteiger partial charge in [-0.15, -0.1) is 0 Å². The van der Waals surface area contributed by atoms with Crippen LogP contribution in [0.3, 0.4) is 0 Å². The Morgan fingerprint density at radius 2 is 1.94 bits per heavy atom. The highest BCUT2D eigenvalue weighted by Gasteiger charge is 2.04. The van der Waals surface area contributed by atoms with Crippen LogP contribution in [0, 0.1) is 6.92 Å². The Bertz CT molecular complexity index is 339. The molecule has 0 saturated carbocycles. The molecule has 0 saturated heterocycles. The molecule has 1 aromatic rings. The molecule has 90 valence electrons. The molecule has 1 aromatic heterocycles. The van der Waals surface area contributed by atoms with E-state index in [0.717, 1.165) is 29.8 Å². The van der Waals surface area contributed by atoms with E-state index in [4.69, 9.17) is 0 Å². The number of nitrogens with zero attached hydrogens (tertiary/aromatic N) is 3. The Morgan fingerprint density at radius 1 is 1.25 bits per heavy atom. The van der Waals surface area contributed by atoms with Gasteiger partial charge in [-0.25, -0.2) is 4.98 Å². The van der Waals surface area contributed by atoms with Gasteiger partial charge < -0.3 is 9.80 Å². The Hall–Kier alpha value is -0.610. The van der Waals surface area contributed by atoms with Gasteiger partial charge in [-0.05, 0) is 61.5 Å². The second-order valence-electron chi connectivity index (χ2n) is 4.37. The molecular formula is C12H20BrN3. The number of halogens is 1. The first kappa shape index (κ1) is 13.5. The lowest BCUT2D eigenvalue weighted by Gasteiger charge is -2.19. The molecule has 16 heavy (non-hydrogen) atoms. The molecule has 0 radical (unpaired) electrons. The van der Waals surface area contributed by atoms with E-state index >= 15 is 0 Å². The molecule has 0 aliphatic rings. The highest BCUT2D eigenvalue weighted by Crippen LogP contribution is 2.19. The molecule has 0 amide bonds. The fourth-order valence-electron chi connectivity index (χ4n) is 1.47. The third kappa shape index (κ3) is 4.10. The predicted octanol–water partition coefficient (Wildman–Crippen LogP) is 2.54. The number of pyridine rings is 1. The van der Waals surface area contributed by atoms with Gasteiger partial charge in [0.25, 0.3) is 0 Å². The van der Waals surface area contributed by atoms with Crippen molar-refractivity contribution in [2.45, 2.75) is 13.3 Å². The molecule has 1 rings (SSSR count). The second-order valence-corrected chi connectivity index (χ2v) is 5.22. The van der Waals surface area contributed by atoms with Gasteiger partial charge in [0.15, 0.2) is 0 Å². The largest absolute Gasteiger partial charge is 0.360 e. The average molecular weight is 286 g/mol. The minimum atomic E-state index is 1.03. The third-order valence-corrected chi connectivity index (χ3v) is 3.35. The fraction of sp³-hybridized carbons (Fsp3) is 0.583. The Labute approximate surface area is 107 Å². The van der Waals surface area contributed by atoms with Crippen molar-refractivity contribution in [3.05, 3.63) is 22.3 Å². The summed E-state index contributed by atoms with van der Waals surface area (Å²) in [6.45, 7) is 4.23. The summed E-state index contributed by atoms with van der Waals surface area (Å²) in [5, 5.41) is 0. The first-order chi connectivity index (χ1) is 7.50. The first-order valence-electron chi connectivity index (χ1n) is 5.48. The maximum atomic E-state index is 4.40. The van der Waals surface area contributed by atoms with Gasteiger partial charge in [-0.2, -0.15) is 0 Å². The Balaban J connectivity index is 2.52. The summed E-state index contributed by atoms with van der Waals surface area (Å²) in [6.07, 6.45) is 3.02. The van der Waals surface area contributed by atoms with Crippen LogP contribution < -0.4 is 4.90 Å². The lowest BCUT2D eigenvalue weighted by atomic mass is 10.3. The summed E-state index contributed by atoms with van der Waals surface area (Å²) in [5.41, 5.74) is 1.23. The topological polar surface area (TPSA) is 19.4 Å². The van der Waals surface area contributed by atoms with Gasteiger partial charge in [0.05, 0.1) is 0 Å². The van der Waals surface area contributed by atoms with Crippen molar-refractivity contribution in [1.29, 1.82) is 0 Å². The van der Waals surface area contributed by atoms with Crippen molar-refractivity contribution in [3.63, 3.8) is 0 Å². The highest BCUT2D eigenvalue weighted by atomic mass is 79.9. The van der Waals surface area contributed by atoms with E-state index in [2.05, 4.69) is 64.8 Å². The molecule has 0 N–H and O–H groups in total. The molecule has 0 aliphatic heterocycles. The van der Waals surface area contributed by atoms with Crippen LogP contribution in [-0.2, 0) is 0 Å². The molecule has 0 aromatic carbocycles. The third-order valence-electron chi connectivity index (χ3n) is 2.52. The first-order valence-corrected chi connectivity index (χ1v) is 6.28. The molecule has 0 fully saturated rings. The number of anilines is 1. The van der Waals surface area contributed by atoms with E-state index in [0.29, 0.717) is 0 Å². The van der Waals surface area contributed by atoms with Crippen molar-refractivity contribution >= 4 is 21.7 Å². The summed E-state index contributed by atoms with van der Waals surface area (Å²) in [6, 6.07) is 2.11. The van der Waals surface area contributed by atoms with E-state index in [9.17, 15) is 0 Å². The molecular weight excluding hydrogens is 266 g/mol. The predicted molar refractivity (Wildman–Crippen MR) is 73.1 cm³/mol. The van der Waals surface area contributed by atoms with E-state index in [1.807, 2.05) is 6.20 Å². The lowest BCUT2D eigenvalue weighted by molar-refractivity contribution is 0.401. The molecule has 0 bridgehead atoms. The minimum Gasteiger partial charge on any atom is -0.360 e. The lowest BCUT2D eigenvalue weighted by Crippen LogP contribution is -2.24. The standard InChI is InChI=1S/C12H20BrN3/c1-10-8-12(14-9-11(10)13)16(4)7-5-6-15(2)3/h8-9H,5-7H2,1-4H3. The zero-order chi connectivity index (χ0) is 12.1. The van der Waals surface area contributed by atoms with E-state index in [-0.39, 0.29) is 0 Å². The fourth-order valence-corrected chi connectivity index (χ4v) is 1.69. The van der Waals surface area contributed by atoms with Crippen molar-refractivity contribution in [2.24, 2.45) is 0 Å². The number of rotatable bonds is 5. The van der Waals surface area contributed by atoms with Crippen LogP contribution in [0.25, 0.3) is 0 Å². The molecule has 0 atom stereocenters. The molecule has 0 spiro atoms. The van der Waals surface area contributed by atoms with Crippen molar-refractivity contribution in [2.75, 3.05) is 39.1 Å². The monoisotopic (exact) mass is 285 g/mol. The Kier molecular flexibility index (Phi) is 5.22. The maximum absolute atomic E-state index is 4.40. The van der Waals surface area contributed by atoms with Crippen LogP contribution in [0.15, 0.2) is 16.7 Å². The maximum Gasteiger partial charge on any atom is 0.128 e. The van der Waals surface area contributed by atoms with Crippen LogP contribution in [-0.4, -0.2) is 44.1 Å². The summed E-state index contributed by atoms with van der Waals surface area (Å²) >= 11 is 3.46. The van der Waals surface area contributed by atoms with Crippen LogP contribution in [0.5, 0.6) is 0 Å². The molecule has 4 heteroatoms. The number of aryl methyl sites for hydroxylation is 1. The Morgan fingerprint density at radius 3 is 2.50 bits per heavy atom. The molecule has 0 unspecified atom stereocenters. The van der Waals surface area contributed by atoms with Crippen LogP contribution in [0.4, 0.5) is 5.82 Å². The van der Waals surface area contributed by atoms with Crippen LogP contribution in [0.2, 0.25) is 0 Å². The van der Waals surface area contributed by atoms with Gasteiger partial charge in [-0.3, -0.25) is 0 Å². The van der Waals surface area contributed by atoms with E-state index in [1.165, 1.54) is 5.56 Å². The smallest absolute Gasteiger partial charge is 0.128 e. The van der Waals surface area contributed by atoms with Gasteiger partial charge in [0, 0.05) is 24.3 Å². The van der Waals surface area contributed by atoms with E-state index < -0.39 is 0 Å². The SMILES string of the molecule is Cc1cc(N(C)CCCN(C)C)ncc1Br. The molecule has 0 aliphatic carbocycles. The molecule has 3 nitrogen and oxygen atoms in total.